The maximum absolute atomic E-state index is 14.1. The number of fused-ring (bicyclic) bond motifs is 2. The van der Waals surface area contributed by atoms with Gasteiger partial charge in [0.1, 0.15) is 28.9 Å². The van der Waals surface area contributed by atoms with Crippen molar-refractivity contribution in [2.24, 2.45) is 0 Å². The first-order chi connectivity index (χ1) is 29.2. The lowest BCUT2D eigenvalue weighted by molar-refractivity contribution is -0.132. The van der Waals surface area contributed by atoms with Crippen LogP contribution in [0.3, 0.4) is 0 Å². The van der Waals surface area contributed by atoms with Gasteiger partial charge in [0, 0.05) is 57.9 Å². The number of benzene rings is 2. The number of pyridine rings is 1. The van der Waals surface area contributed by atoms with Crippen LogP contribution in [0.1, 0.15) is 70.8 Å². The predicted octanol–water partition coefficient (Wildman–Crippen LogP) is 4.30. The molecule has 0 bridgehead atoms. The van der Waals surface area contributed by atoms with E-state index in [9.17, 15) is 28.4 Å². The number of carbonyl (C=O) groups excluding carboxylic acids is 5. The van der Waals surface area contributed by atoms with Gasteiger partial charge in [-0.15, -0.1) is 5.10 Å². The van der Waals surface area contributed by atoms with Crippen LogP contribution in [0.4, 0.5) is 21.7 Å². The van der Waals surface area contributed by atoms with Crippen LogP contribution in [-0.2, 0) is 14.4 Å². The van der Waals surface area contributed by atoms with E-state index in [2.05, 4.69) is 30.3 Å². The monoisotopic (exact) mass is 812 g/mol. The highest BCUT2D eigenvalue weighted by Gasteiger charge is 2.44. The Balaban J connectivity index is 0.739. The number of nitrogens with one attached hydrogen (secondary N) is 2. The largest absolute Gasteiger partial charge is 0.385 e. The van der Waals surface area contributed by atoms with Gasteiger partial charge in [-0.05, 0) is 85.8 Å². The number of halogens is 1. The number of aromatic nitrogens is 4. The lowest BCUT2D eigenvalue weighted by Crippen LogP contribution is -2.49. The van der Waals surface area contributed by atoms with Crippen LogP contribution < -0.4 is 20.4 Å². The normalized spacial score (nSPS) is 19.7. The lowest BCUT2D eigenvalue weighted by Gasteiger charge is -2.35. The van der Waals surface area contributed by atoms with Gasteiger partial charge in [0.05, 0.1) is 48.1 Å². The van der Waals surface area contributed by atoms with Gasteiger partial charge in [0.15, 0.2) is 11.4 Å². The van der Waals surface area contributed by atoms with Crippen LogP contribution in [0.2, 0.25) is 0 Å². The predicted molar refractivity (Wildman–Crippen MR) is 221 cm³/mol. The van der Waals surface area contributed by atoms with Crippen molar-refractivity contribution in [1.82, 2.24) is 34.7 Å². The highest BCUT2D eigenvalue weighted by atomic mass is 19.1. The molecule has 2 N–H and O–H groups in total. The topological polar surface area (TPSA) is 165 Å². The Hall–Kier alpha value is -6.55. The number of imide groups is 1. The molecule has 1 aliphatic carbocycles. The van der Waals surface area contributed by atoms with Crippen molar-refractivity contribution in [3.63, 3.8) is 0 Å². The van der Waals surface area contributed by atoms with E-state index in [1.807, 2.05) is 40.9 Å². The summed E-state index contributed by atoms with van der Waals surface area (Å²) in [5, 5.41) is 11.2. The van der Waals surface area contributed by atoms with Crippen molar-refractivity contribution in [3.8, 4) is 11.4 Å². The molecule has 2 atom stereocenters. The Morgan fingerprint density at radius 1 is 0.817 bits per heavy atom. The van der Waals surface area contributed by atoms with E-state index in [-0.39, 0.29) is 60.5 Å². The summed E-state index contributed by atoms with van der Waals surface area (Å²) in [6.07, 6.45) is 4.43. The minimum absolute atomic E-state index is 0.0462. The summed E-state index contributed by atoms with van der Waals surface area (Å²) >= 11 is 0. The first kappa shape index (κ1) is 38.9. The van der Waals surface area contributed by atoms with Gasteiger partial charge >= 0.3 is 0 Å². The van der Waals surface area contributed by atoms with Crippen LogP contribution in [-0.4, -0.2) is 117 Å². The standard InChI is InChI=1S/C44H45FN10O5/c45-29-6-1-5-28(23-29)35-8-3-18-53(35)41-15-14-39-48-26-37(55(39)50-41)34-7-2-9-40(49-34)52-21-19-51(20-22-52)27-42(58)47-17-4-16-46-30-10-12-32-33(24-30)44(60)54(43(32)59)36-13-11-31(56)25-38(36)57/h1-2,5-7,9-10,12,14-15,23-24,26,35-36,46H,3-4,8,11,13,16-22,25,27H2,(H,47,58)/t35-,36?/m1/s1. The van der Waals surface area contributed by atoms with Gasteiger partial charge < -0.3 is 20.4 Å². The highest BCUT2D eigenvalue weighted by molar-refractivity contribution is 6.24. The van der Waals surface area contributed by atoms with Crippen molar-refractivity contribution >= 4 is 52.3 Å². The number of nitrogens with zero attached hydrogens (tertiary/aromatic N) is 8. The van der Waals surface area contributed by atoms with E-state index in [4.69, 9.17) is 10.1 Å². The number of hydrogen-bond acceptors (Lipinski definition) is 12. The SMILES string of the molecule is O=C1CCC(N2C(=O)c3ccc(NCCCNC(=O)CN4CCN(c5cccc(-c6cnc7ccc(N8CCC[C@@H]8c8cccc(F)c8)nn67)n5)CC4)cc3C2=O)C(=O)C1. The Labute approximate surface area is 345 Å². The molecule has 3 fully saturated rings. The van der Waals surface area contributed by atoms with Gasteiger partial charge in [-0.2, -0.15) is 0 Å². The fourth-order valence-corrected chi connectivity index (χ4v) is 8.76. The second-order valence-corrected chi connectivity index (χ2v) is 15.8. The van der Waals surface area contributed by atoms with E-state index in [1.165, 1.54) is 6.07 Å². The number of hydrogen-bond donors (Lipinski definition) is 2. The third kappa shape index (κ3) is 7.81. The average molecular weight is 813 g/mol. The van der Waals surface area contributed by atoms with E-state index >= 15 is 0 Å². The van der Waals surface area contributed by atoms with E-state index in [1.54, 1.807) is 36.5 Å². The van der Waals surface area contributed by atoms with Gasteiger partial charge in [-0.3, -0.25) is 33.8 Å². The minimum atomic E-state index is -0.901. The smallest absolute Gasteiger partial charge is 0.262 e. The Morgan fingerprint density at radius 3 is 2.48 bits per heavy atom. The summed E-state index contributed by atoms with van der Waals surface area (Å²) in [6, 6.07) is 20.7. The Kier molecular flexibility index (Phi) is 10.8. The van der Waals surface area contributed by atoms with Crippen LogP contribution in [0, 0.1) is 5.82 Å². The number of amides is 3. The molecule has 1 unspecified atom stereocenters. The number of rotatable bonds is 12. The van der Waals surface area contributed by atoms with E-state index in [0.29, 0.717) is 57.0 Å². The molecule has 60 heavy (non-hydrogen) atoms. The number of carbonyl (C=O) groups is 5. The molecule has 6 heterocycles. The zero-order chi connectivity index (χ0) is 41.3. The summed E-state index contributed by atoms with van der Waals surface area (Å²) in [5.41, 5.74) is 4.33. The molecular weight excluding hydrogens is 768 g/mol. The Bertz CT molecular complexity index is 2500. The second kappa shape index (κ2) is 16.6. The summed E-state index contributed by atoms with van der Waals surface area (Å²) in [7, 11) is 0. The molecule has 4 aliphatic rings. The van der Waals surface area contributed by atoms with Crippen LogP contribution in [0.25, 0.3) is 17.0 Å². The fraction of sp³-hybridized carbons (Fsp3) is 0.364. The first-order valence-corrected chi connectivity index (χ1v) is 20.6. The van der Waals surface area contributed by atoms with Crippen LogP contribution in [0.15, 0.2) is 79.0 Å². The second-order valence-electron chi connectivity index (χ2n) is 15.8. The number of piperazine rings is 1. The molecule has 0 spiro atoms. The van der Waals surface area contributed by atoms with Crippen molar-refractivity contribution < 1.29 is 28.4 Å². The number of imidazole rings is 1. The molecule has 2 aromatic carbocycles. The van der Waals surface area contributed by atoms with Crippen LogP contribution >= 0.6 is 0 Å². The zero-order valence-electron chi connectivity index (χ0n) is 33.1. The zero-order valence-corrected chi connectivity index (χ0v) is 33.1. The van der Waals surface area contributed by atoms with Gasteiger partial charge in [-0.25, -0.2) is 18.9 Å². The molecule has 308 valence electrons. The average Bonchev–Trinajstić information content (AvgIpc) is 3.98. The summed E-state index contributed by atoms with van der Waals surface area (Å²) in [5.74, 6) is -0.236. The molecule has 2 saturated heterocycles. The summed E-state index contributed by atoms with van der Waals surface area (Å²) < 4.78 is 15.9. The maximum atomic E-state index is 14.1. The molecule has 3 amide bonds. The number of Topliss-reactive ketones (excluding diaryl/α,β-unsaturated/α-hetero) is 2. The molecule has 9 rings (SSSR count). The van der Waals surface area contributed by atoms with Gasteiger partial charge in [-0.1, -0.05) is 18.2 Å². The van der Waals surface area contributed by atoms with Crippen molar-refractivity contribution in [2.75, 3.05) is 67.5 Å². The number of ketones is 2. The fourth-order valence-electron chi connectivity index (χ4n) is 8.76. The van der Waals surface area contributed by atoms with Gasteiger partial charge in [0.2, 0.25) is 5.91 Å². The molecule has 0 radical (unpaired) electrons. The molecule has 16 heteroatoms. The Morgan fingerprint density at radius 2 is 1.65 bits per heavy atom. The lowest BCUT2D eigenvalue weighted by atomic mass is 9.92. The van der Waals surface area contributed by atoms with E-state index < -0.39 is 23.6 Å². The molecule has 15 nitrogen and oxygen atoms in total. The van der Waals surface area contributed by atoms with Crippen molar-refractivity contribution in [2.45, 2.75) is 50.6 Å². The third-order valence-corrected chi connectivity index (χ3v) is 11.9. The van der Waals surface area contributed by atoms with E-state index in [0.717, 1.165) is 52.9 Å². The third-order valence-electron chi connectivity index (χ3n) is 11.9. The van der Waals surface area contributed by atoms with Gasteiger partial charge in [0.25, 0.3) is 11.8 Å². The number of anilines is 3. The highest BCUT2D eigenvalue weighted by Crippen LogP contribution is 2.36. The molecule has 3 aromatic heterocycles. The molecular formula is C44H45FN10O5. The quantitative estimate of drug-likeness (QED) is 0.104. The van der Waals surface area contributed by atoms with Crippen molar-refractivity contribution in [1.29, 1.82) is 0 Å². The van der Waals surface area contributed by atoms with Crippen LogP contribution in [0.5, 0.6) is 0 Å². The molecule has 1 saturated carbocycles. The molecule has 3 aliphatic heterocycles. The summed E-state index contributed by atoms with van der Waals surface area (Å²) in [6.45, 7) is 4.94. The molecule has 5 aromatic rings. The summed E-state index contributed by atoms with van der Waals surface area (Å²) in [4.78, 5) is 80.3. The first-order valence-electron chi connectivity index (χ1n) is 20.6. The van der Waals surface area contributed by atoms with Crippen molar-refractivity contribution in [3.05, 3.63) is 102 Å². The maximum Gasteiger partial charge on any atom is 0.262 e. The minimum Gasteiger partial charge on any atom is -0.385 e.